The molecule has 0 aromatic heterocycles. The Morgan fingerprint density at radius 3 is 2.75 bits per heavy atom. The number of rotatable bonds is 0. The Morgan fingerprint density at radius 2 is 2.08 bits per heavy atom. The van der Waals surface area contributed by atoms with Crippen molar-refractivity contribution in [1.29, 1.82) is 0 Å². The Bertz CT molecular complexity index is 323. The highest BCUT2D eigenvalue weighted by Gasteiger charge is 2.44. The van der Waals surface area contributed by atoms with E-state index in [0.29, 0.717) is 5.56 Å². The number of fused-ring (bicyclic) bond motifs is 1. The molecule has 12 heavy (non-hydrogen) atoms. The van der Waals surface area contributed by atoms with Crippen molar-refractivity contribution in [2.24, 2.45) is 0 Å². The fraction of sp³-hybridized carbons (Fsp3) is 0.250. The molecule has 1 aromatic carbocycles. The first kappa shape index (κ1) is 7.49. The maximum absolute atomic E-state index is 12.8. The minimum Gasteiger partial charge on any atom is -0.330 e. The number of benzene rings is 1. The van der Waals surface area contributed by atoms with E-state index in [1.807, 2.05) is 0 Å². The number of hydrogen-bond acceptors (Lipinski definition) is 2. The maximum atomic E-state index is 12.8. The third kappa shape index (κ3) is 0.881. The average Bonchev–Trinajstić information content (AvgIpc) is 2.30. The van der Waals surface area contributed by atoms with E-state index >= 15 is 0 Å². The van der Waals surface area contributed by atoms with E-state index in [1.165, 1.54) is 6.07 Å². The molecule has 0 fully saturated rings. The van der Waals surface area contributed by atoms with E-state index < -0.39 is 6.11 Å². The van der Waals surface area contributed by atoms with Gasteiger partial charge in [0.25, 0.3) is 0 Å². The van der Waals surface area contributed by atoms with Gasteiger partial charge in [-0.25, -0.2) is 0 Å². The summed E-state index contributed by atoms with van der Waals surface area (Å²) < 4.78 is 25.5. The standard InChI is InChI=1S/C8H6F2O2/c1-5-3-2-4-6-7(5)11-12-8(6,9)10/h2-4H,1H3. The molecule has 1 aromatic rings. The molecule has 0 aliphatic carbocycles. The van der Waals surface area contributed by atoms with E-state index in [2.05, 4.69) is 9.78 Å². The monoisotopic (exact) mass is 172 g/mol. The largest absolute Gasteiger partial charge is 0.421 e. The highest BCUT2D eigenvalue weighted by Crippen LogP contribution is 2.43. The van der Waals surface area contributed by atoms with Crippen LogP contribution in [0, 0.1) is 6.92 Å². The van der Waals surface area contributed by atoms with Crippen LogP contribution in [0.3, 0.4) is 0 Å². The summed E-state index contributed by atoms with van der Waals surface area (Å²) in [5.74, 6) is 0.127. The molecular formula is C8H6F2O2. The van der Waals surface area contributed by atoms with Gasteiger partial charge >= 0.3 is 6.11 Å². The van der Waals surface area contributed by atoms with E-state index in [4.69, 9.17) is 0 Å². The molecule has 0 radical (unpaired) electrons. The van der Waals surface area contributed by atoms with E-state index in [0.717, 1.165) is 0 Å². The summed E-state index contributed by atoms with van der Waals surface area (Å²) in [6.45, 7) is 1.68. The zero-order chi connectivity index (χ0) is 8.77. The highest BCUT2D eigenvalue weighted by atomic mass is 19.3. The predicted octanol–water partition coefficient (Wildman–Crippen LogP) is 2.37. The Labute approximate surface area is 67.6 Å². The summed E-state index contributed by atoms with van der Waals surface area (Å²) in [5, 5.41) is 0. The molecule has 0 saturated heterocycles. The fourth-order valence-electron chi connectivity index (χ4n) is 1.13. The van der Waals surface area contributed by atoms with E-state index in [1.54, 1.807) is 19.1 Å². The molecular weight excluding hydrogens is 166 g/mol. The molecule has 0 unspecified atom stereocenters. The van der Waals surface area contributed by atoms with Gasteiger partial charge in [0.05, 0.1) is 0 Å². The zero-order valence-corrected chi connectivity index (χ0v) is 6.30. The summed E-state index contributed by atoms with van der Waals surface area (Å²) in [7, 11) is 0. The lowest BCUT2D eigenvalue weighted by Crippen LogP contribution is -2.11. The lowest BCUT2D eigenvalue weighted by molar-refractivity contribution is -0.376. The summed E-state index contributed by atoms with van der Waals surface area (Å²) >= 11 is 0. The fourth-order valence-corrected chi connectivity index (χ4v) is 1.13. The van der Waals surface area contributed by atoms with Gasteiger partial charge in [0.2, 0.25) is 0 Å². The van der Waals surface area contributed by atoms with E-state index in [-0.39, 0.29) is 11.3 Å². The minimum atomic E-state index is -3.30. The molecule has 2 rings (SSSR count). The second kappa shape index (κ2) is 2.17. The van der Waals surface area contributed by atoms with Crippen LogP contribution in [0.2, 0.25) is 0 Å². The molecule has 0 atom stereocenters. The van der Waals surface area contributed by atoms with Gasteiger partial charge in [0, 0.05) is 0 Å². The van der Waals surface area contributed by atoms with Gasteiger partial charge in [-0.05, 0) is 18.6 Å². The van der Waals surface area contributed by atoms with Crippen LogP contribution < -0.4 is 4.89 Å². The van der Waals surface area contributed by atoms with Gasteiger partial charge in [0.1, 0.15) is 5.56 Å². The van der Waals surface area contributed by atoms with Crippen molar-refractivity contribution in [1.82, 2.24) is 0 Å². The minimum absolute atomic E-state index is 0.127. The molecule has 0 bridgehead atoms. The number of hydrogen-bond donors (Lipinski definition) is 0. The van der Waals surface area contributed by atoms with Crippen molar-refractivity contribution in [3.63, 3.8) is 0 Å². The summed E-state index contributed by atoms with van der Waals surface area (Å²) in [6, 6.07) is 4.51. The Kier molecular flexibility index (Phi) is 1.35. The van der Waals surface area contributed by atoms with Gasteiger partial charge in [0.15, 0.2) is 5.75 Å². The molecule has 2 nitrogen and oxygen atoms in total. The van der Waals surface area contributed by atoms with Crippen LogP contribution in [0.4, 0.5) is 8.78 Å². The van der Waals surface area contributed by atoms with Crippen LogP contribution in [-0.4, -0.2) is 0 Å². The van der Waals surface area contributed by atoms with Gasteiger partial charge in [-0.2, -0.15) is 8.78 Å². The topological polar surface area (TPSA) is 18.5 Å². The molecule has 64 valence electrons. The first-order valence-corrected chi connectivity index (χ1v) is 3.45. The summed E-state index contributed by atoms with van der Waals surface area (Å²) in [4.78, 5) is 8.25. The Balaban J connectivity index is 2.61. The third-order valence-electron chi connectivity index (χ3n) is 1.76. The van der Waals surface area contributed by atoms with Gasteiger partial charge in [-0.15, -0.1) is 4.89 Å². The van der Waals surface area contributed by atoms with Crippen LogP contribution in [-0.2, 0) is 11.0 Å². The summed E-state index contributed by atoms with van der Waals surface area (Å²) in [5.41, 5.74) is 0.437. The molecule has 1 aliphatic heterocycles. The van der Waals surface area contributed by atoms with Crippen LogP contribution in [0.5, 0.6) is 5.75 Å². The summed E-state index contributed by atoms with van der Waals surface area (Å²) in [6.07, 6.45) is -3.30. The van der Waals surface area contributed by atoms with Gasteiger partial charge in [-0.1, -0.05) is 12.1 Å². The lowest BCUT2D eigenvalue weighted by Gasteiger charge is -2.02. The maximum Gasteiger partial charge on any atom is 0.421 e. The number of halogens is 2. The molecule has 0 spiro atoms. The van der Waals surface area contributed by atoms with Gasteiger partial charge in [-0.3, -0.25) is 0 Å². The molecule has 0 N–H and O–H groups in total. The lowest BCUT2D eigenvalue weighted by atomic mass is 10.1. The SMILES string of the molecule is Cc1cccc2c1OOC2(F)F. The molecule has 0 amide bonds. The van der Waals surface area contributed by atoms with Gasteiger partial charge < -0.3 is 4.89 Å². The Morgan fingerprint density at radius 1 is 1.33 bits per heavy atom. The van der Waals surface area contributed by atoms with Crippen molar-refractivity contribution < 1.29 is 18.6 Å². The van der Waals surface area contributed by atoms with Crippen LogP contribution >= 0.6 is 0 Å². The normalized spacial score (nSPS) is 18.6. The number of aryl methyl sites for hydroxylation is 1. The second-order valence-electron chi connectivity index (χ2n) is 2.64. The second-order valence-corrected chi connectivity index (χ2v) is 2.64. The molecule has 1 aliphatic rings. The molecule has 4 heteroatoms. The first-order valence-electron chi connectivity index (χ1n) is 3.45. The van der Waals surface area contributed by atoms with Crippen LogP contribution in [0.15, 0.2) is 18.2 Å². The molecule has 1 heterocycles. The Hall–Kier alpha value is -1.16. The van der Waals surface area contributed by atoms with Crippen molar-refractivity contribution in [2.45, 2.75) is 13.0 Å². The number of para-hydroxylation sites is 1. The van der Waals surface area contributed by atoms with Crippen LogP contribution in [0.1, 0.15) is 11.1 Å². The number of alkyl halides is 2. The first-order chi connectivity index (χ1) is 5.61. The smallest absolute Gasteiger partial charge is 0.330 e. The predicted molar refractivity (Wildman–Crippen MR) is 36.8 cm³/mol. The molecule has 0 saturated carbocycles. The van der Waals surface area contributed by atoms with Crippen molar-refractivity contribution in [3.8, 4) is 5.75 Å². The quantitative estimate of drug-likeness (QED) is 0.559. The zero-order valence-electron chi connectivity index (χ0n) is 6.30. The van der Waals surface area contributed by atoms with Crippen molar-refractivity contribution >= 4 is 0 Å². The average molecular weight is 172 g/mol. The van der Waals surface area contributed by atoms with Crippen molar-refractivity contribution in [3.05, 3.63) is 29.3 Å². The van der Waals surface area contributed by atoms with E-state index in [9.17, 15) is 8.78 Å². The van der Waals surface area contributed by atoms with Crippen molar-refractivity contribution in [2.75, 3.05) is 0 Å². The highest BCUT2D eigenvalue weighted by molar-refractivity contribution is 5.43. The third-order valence-corrected chi connectivity index (χ3v) is 1.76. The van der Waals surface area contributed by atoms with Crippen LogP contribution in [0.25, 0.3) is 0 Å².